The molecule has 128 valence electrons. The molecule has 0 atom stereocenters. The zero-order valence-corrected chi connectivity index (χ0v) is 16.0. The van der Waals surface area contributed by atoms with Gasteiger partial charge in [-0.2, -0.15) is 0 Å². The summed E-state index contributed by atoms with van der Waals surface area (Å²) in [5, 5.41) is 8.57. The van der Waals surface area contributed by atoms with Crippen molar-refractivity contribution in [2.24, 2.45) is 0 Å². The fraction of sp³-hybridized carbons (Fsp3) is 0. The van der Waals surface area contributed by atoms with E-state index in [2.05, 4.69) is 22.8 Å². The molecular weight excluding hydrogens is 382 g/mol. The van der Waals surface area contributed by atoms with Crippen LogP contribution < -0.4 is 10.6 Å². The van der Waals surface area contributed by atoms with Crippen LogP contribution in [0.2, 0.25) is 5.02 Å². The molecule has 0 aliphatic heterocycles. The highest BCUT2D eigenvalue weighted by Gasteiger charge is 2.07. The molecule has 0 bridgehead atoms. The van der Waals surface area contributed by atoms with Crippen LogP contribution in [-0.2, 0) is 0 Å². The molecule has 1 heterocycles. The van der Waals surface area contributed by atoms with E-state index >= 15 is 0 Å². The molecule has 0 aliphatic carbocycles. The van der Waals surface area contributed by atoms with Crippen molar-refractivity contribution in [1.29, 1.82) is 0 Å². The Balaban J connectivity index is 1.51. The topological polar surface area (TPSA) is 37.0 Å². The number of halogens is 1. The van der Waals surface area contributed by atoms with Crippen molar-refractivity contribution in [2.45, 2.75) is 0 Å². The second-order valence-electron chi connectivity index (χ2n) is 5.65. The van der Waals surface area contributed by atoms with Gasteiger partial charge in [-0.15, -0.1) is 11.3 Å². The maximum absolute atomic E-state index is 5.90. The summed E-state index contributed by atoms with van der Waals surface area (Å²) in [7, 11) is 0. The van der Waals surface area contributed by atoms with Gasteiger partial charge in [0.1, 0.15) is 5.01 Å². The fourth-order valence-corrected chi connectivity index (χ4v) is 3.88. The van der Waals surface area contributed by atoms with E-state index in [1.165, 1.54) is 4.70 Å². The van der Waals surface area contributed by atoms with E-state index < -0.39 is 0 Å². The lowest BCUT2D eigenvalue weighted by molar-refractivity contribution is 1.47. The standard InChI is InChI=1S/C20H14ClN3S2/c21-14-8-10-15(11-9-14)22-20(25)23-16-5-3-4-13(12-16)19-24-17-6-1-2-7-18(17)26-19/h1-12H,(H2,22,23,25). The molecule has 0 saturated heterocycles. The minimum absolute atomic E-state index is 0.522. The summed E-state index contributed by atoms with van der Waals surface area (Å²) in [6, 6.07) is 23.6. The highest BCUT2D eigenvalue weighted by molar-refractivity contribution is 7.80. The minimum atomic E-state index is 0.522. The van der Waals surface area contributed by atoms with Crippen LogP contribution in [0.1, 0.15) is 0 Å². The molecule has 4 rings (SSSR count). The van der Waals surface area contributed by atoms with E-state index in [9.17, 15) is 0 Å². The largest absolute Gasteiger partial charge is 0.332 e. The summed E-state index contributed by atoms with van der Waals surface area (Å²) in [6.45, 7) is 0. The van der Waals surface area contributed by atoms with Crippen LogP contribution >= 0.6 is 35.2 Å². The number of para-hydroxylation sites is 1. The van der Waals surface area contributed by atoms with E-state index in [1.54, 1.807) is 11.3 Å². The van der Waals surface area contributed by atoms with E-state index in [4.69, 9.17) is 28.8 Å². The van der Waals surface area contributed by atoms with Gasteiger partial charge in [0.25, 0.3) is 0 Å². The lowest BCUT2D eigenvalue weighted by Gasteiger charge is -2.11. The summed E-state index contributed by atoms with van der Waals surface area (Å²) in [6.07, 6.45) is 0. The molecule has 0 amide bonds. The molecule has 0 fully saturated rings. The maximum atomic E-state index is 5.90. The van der Waals surface area contributed by atoms with Crippen LogP contribution in [0.4, 0.5) is 11.4 Å². The van der Waals surface area contributed by atoms with Crippen LogP contribution in [0, 0.1) is 0 Å². The third-order valence-electron chi connectivity index (χ3n) is 3.76. The number of thiocarbonyl (C=S) groups is 1. The van der Waals surface area contributed by atoms with Gasteiger partial charge in [-0.1, -0.05) is 35.9 Å². The number of hydrogen-bond acceptors (Lipinski definition) is 3. The van der Waals surface area contributed by atoms with Crippen molar-refractivity contribution in [2.75, 3.05) is 10.6 Å². The number of nitrogens with zero attached hydrogens (tertiary/aromatic N) is 1. The fourth-order valence-electron chi connectivity index (χ4n) is 2.55. The zero-order valence-electron chi connectivity index (χ0n) is 13.6. The molecule has 3 nitrogen and oxygen atoms in total. The molecule has 0 spiro atoms. The van der Waals surface area contributed by atoms with Crippen LogP contribution in [-0.4, -0.2) is 10.1 Å². The number of thiazole rings is 1. The molecular formula is C20H14ClN3S2. The summed E-state index contributed by atoms with van der Waals surface area (Å²) < 4.78 is 1.18. The molecule has 0 aliphatic rings. The lowest BCUT2D eigenvalue weighted by atomic mass is 10.2. The summed E-state index contributed by atoms with van der Waals surface area (Å²) in [5.41, 5.74) is 3.87. The maximum Gasteiger partial charge on any atom is 0.175 e. The Kier molecular flexibility index (Phi) is 4.84. The first-order chi connectivity index (χ1) is 12.7. The first-order valence-corrected chi connectivity index (χ1v) is 9.57. The molecule has 2 N–H and O–H groups in total. The molecule has 1 aromatic heterocycles. The van der Waals surface area contributed by atoms with Crippen LogP contribution in [0.15, 0.2) is 72.8 Å². The highest BCUT2D eigenvalue weighted by atomic mass is 35.5. The Morgan fingerprint density at radius 3 is 2.46 bits per heavy atom. The smallest absolute Gasteiger partial charge is 0.175 e. The molecule has 0 saturated carbocycles. The summed E-state index contributed by atoms with van der Waals surface area (Å²) in [5.74, 6) is 0. The third kappa shape index (κ3) is 3.85. The SMILES string of the molecule is S=C(Nc1ccc(Cl)cc1)Nc1cccc(-c2nc3ccccc3s2)c1. The van der Waals surface area contributed by atoms with Gasteiger partial charge in [-0.25, -0.2) is 4.98 Å². The van der Waals surface area contributed by atoms with Crippen molar-refractivity contribution in [3.05, 3.63) is 77.8 Å². The van der Waals surface area contributed by atoms with Crippen molar-refractivity contribution in [3.63, 3.8) is 0 Å². The predicted molar refractivity (Wildman–Crippen MR) is 116 cm³/mol. The Hall–Kier alpha value is -2.47. The number of hydrogen-bond donors (Lipinski definition) is 2. The van der Waals surface area contributed by atoms with Crippen molar-refractivity contribution in [3.8, 4) is 10.6 Å². The predicted octanol–water partition coefficient (Wildman–Crippen LogP) is 6.43. The molecule has 0 unspecified atom stereocenters. The molecule has 3 aromatic carbocycles. The van der Waals surface area contributed by atoms with Crippen molar-refractivity contribution in [1.82, 2.24) is 4.98 Å². The number of rotatable bonds is 3. The van der Waals surface area contributed by atoms with Gasteiger partial charge in [0.15, 0.2) is 5.11 Å². The van der Waals surface area contributed by atoms with Gasteiger partial charge in [-0.05, 0) is 60.7 Å². The molecule has 0 radical (unpaired) electrons. The lowest BCUT2D eigenvalue weighted by Crippen LogP contribution is -2.18. The van der Waals surface area contributed by atoms with Crippen LogP contribution in [0.25, 0.3) is 20.8 Å². The van der Waals surface area contributed by atoms with Gasteiger partial charge >= 0.3 is 0 Å². The van der Waals surface area contributed by atoms with Gasteiger partial charge < -0.3 is 10.6 Å². The number of aromatic nitrogens is 1. The van der Waals surface area contributed by atoms with E-state index in [1.807, 2.05) is 60.7 Å². The van der Waals surface area contributed by atoms with E-state index in [0.717, 1.165) is 27.5 Å². The molecule has 4 aromatic rings. The minimum Gasteiger partial charge on any atom is -0.332 e. The van der Waals surface area contributed by atoms with Gasteiger partial charge in [0, 0.05) is 22.0 Å². The second-order valence-corrected chi connectivity index (χ2v) is 7.53. The number of benzene rings is 3. The second kappa shape index (κ2) is 7.41. The van der Waals surface area contributed by atoms with Gasteiger partial charge in [-0.3, -0.25) is 0 Å². The quantitative estimate of drug-likeness (QED) is 0.392. The van der Waals surface area contributed by atoms with Gasteiger partial charge in [0.05, 0.1) is 10.2 Å². The van der Waals surface area contributed by atoms with E-state index in [-0.39, 0.29) is 0 Å². The number of fused-ring (bicyclic) bond motifs is 1. The van der Waals surface area contributed by atoms with E-state index in [0.29, 0.717) is 10.1 Å². The van der Waals surface area contributed by atoms with Crippen molar-refractivity contribution >= 4 is 61.9 Å². The van der Waals surface area contributed by atoms with Crippen LogP contribution in [0.5, 0.6) is 0 Å². The number of nitrogens with one attached hydrogen (secondary N) is 2. The first-order valence-electron chi connectivity index (χ1n) is 7.97. The Labute approximate surface area is 165 Å². The molecule has 6 heteroatoms. The highest BCUT2D eigenvalue weighted by Crippen LogP contribution is 2.31. The average Bonchev–Trinajstić information content (AvgIpc) is 3.08. The number of anilines is 2. The summed E-state index contributed by atoms with van der Waals surface area (Å²) in [4.78, 5) is 4.71. The third-order valence-corrected chi connectivity index (χ3v) is 5.30. The Morgan fingerprint density at radius 2 is 1.65 bits per heavy atom. The zero-order chi connectivity index (χ0) is 17.9. The Bertz CT molecular complexity index is 1040. The monoisotopic (exact) mass is 395 g/mol. The van der Waals surface area contributed by atoms with Crippen molar-refractivity contribution < 1.29 is 0 Å². The average molecular weight is 396 g/mol. The Morgan fingerprint density at radius 1 is 0.885 bits per heavy atom. The summed E-state index contributed by atoms with van der Waals surface area (Å²) >= 11 is 13.0. The first kappa shape index (κ1) is 17.0. The normalized spacial score (nSPS) is 10.7. The molecule has 26 heavy (non-hydrogen) atoms. The van der Waals surface area contributed by atoms with Crippen LogP contribution in [0.3, 0.4) is 0 Å². The van der Waals surface area contributed by atoms with Gasteiger partial charge in [0.2, 0.25) is 0 Å².